The van der Waals surface area contributed by atoms with Gasteiger partial charge in [-0.25, -0.2) is 13.1 Å². The molecular weight excluding hydrogens is 370 g/mol. The van der Waals surface area contributed by atoms with Gasteiger partial charge in [-0.15, -0.1) is 0 Å². The normalized spacial score (nSPS) is 14.8. The van der Waals surface area contributed by atoms with Crippen LogP contribution in [-0.4, -0.2) is 37.3 Å². The number of aromatic nitrogens is 2. The number of hydrogen-bond donors (Lipinski definition) is 2. The second kappa shape index (κ2) is 7.38. The fourth-order valence-corrected chi connectivity index (χ4v) is 4.57. The summed E-state index contributed by atoms with van der Waals surface area (Å²) in [5, 5.41) is 12.7. The van der Waals surface area contributed by atoms with Gasteiger partial charge in [0.05, 0.1) is 13.3 Å². The van der Waals surface area contributed by atoms with Crippen molar-refractivity contribution in [3.63, 3.8) is 0 Å². The molecule has 0 aliphatic heterocycles. The molecule has 1 aromatic heterocycles. The lowest BCUT2D eigenvalue weighted by molar-refractivity contribution is 0.0947. The van der Waals surface area contributed by atoms with Crippen molar-refractivity contribution in [2.24, 2.45) is 0 Å². The van der Waals surface area contributed by atoms with E-state index in [4.69, 9.17) is 15.7 Å². The van der Waals surface area contributed by atoms with E-state index in [1.54, 1.807) is 0 Å². The van der Waals surface area contributed by atoms with Crippen LogP contribution in [0.25, 0.3) is 0 Å². The molecule has 1 heterocycles. The Hall–Kier alpha value is -2.90. The first-order valence-corrected chi connectivity index (χ1v) is 9.84. The predicted molar refractivity (Wildman–Crippen MR) is 96.7 cm³/mol. The van der Waals surface area contributed by atoms with Crippen molar-refractivity contribution in [3.8, 4) is 11.8 Å². The SMILES string of the molecule is COc1ccc(C(=O)n2ncc(C#N)c2N)cc1S(=O)(=O)NC1CCCC1. The number of carbonyl (C=O) groups is 1. The summed E-state index contributed by atoms with van der Waals surface area (Å²) in [5.74, 6) is -0.621. The molecule has 9 nitrogen and oxygen atoms in total. The highest BCUT2D eigenvalue weighted by atomic mass is 32.2. The number of nitrogens with two attached hydrogens (primary N) is 1. The number of carbonyl (C=O) groups excluding carboxylic acids is 1. The minimum Gasteiger partial charge on any atom is -0.495 e. The van der Waals surface area contributed by atoms with Crippen LogP contribution in [0, 0.1) is 11.3 Å². The number of nitrogens with one attached hydrogen (secondary N) is 1. The van der Waals surface area contributed by atoms with Crippen molar-refractivity contribution in [1.29, 1.82) is 5.26 Å². The number of nitrogens with zero attached hydrogens (tertiary/aromatic N) is 3. The summed E-state index contributed by atoms with van der Waals surface area (Å²) < 4.78 is 34.3. The largest absolute Gasteiger partial charge is 0.495 e. The molecule has 1 aromatic carbocycles. The number of ether oxygens (including phenoxy) is 1. The van der Waals surface area contributed by atoms with Gasteiger partial charge in [0, 0.05) is 11.6 Å². The van der Waals surface area contributed by atoms with E-state index in [1.807, 2.05) is 6.07 Å². The molecule has 27 heavy (non-hydrogen) atoms. The van der Waals surface area contributed by atoms with Crippen LogP contribution in [0.3, 0.4) is 0 Å². The van der Waals surface area contributed by atoms with Gasteiger partial charge in [0.1, 0.15) is 28.1 Å². The molecule has 1 aliphatic rings. The highest BCUT2D eigenvalue weighted by Gasteiger charge is 2.27. The first-order chi connectivity index (χ1) is 12.9. The number of nitrogen functional groups attached to an aromatic ring is 1. The van der Waals surface area contributed by atoms with Crippen molar-refractivity contribution in [2.45, 2.75) is 36.6 Å². The molecule has 0 unspecified atom stereocenters. The Kier molecular flexibility index (Phi) is 5.16. The minimum absolute atomic E-state index is 0.0573. The Morgan fingerprint density at radius 1 is 1.41 bits per heavy atom. The Morgan fingerprint density at radius 2 is 2.11 bits per heavy atom. The van der Waals surface area contributed by atoms with Crippen LogP contribution in [0.4, 0.5) is 5.82 Å². The van der Waals surface area contributed by atoms with Crippen LogP contribution in [0.1, 0.15) is 41.6 Å². The number of methoxy groups -OCH3 is 1. The third-order valence-electron chi connectivity index (χ3n) is 4.50. The number of anilines is 1. The average Bonchev–Trinajstić information content (AvgIpc) is 3.29. The Labute approximate surface area is 156 Å². The minimum atomic E-state index is -3.87. The zero-order chi connectivity index (χ0) is 19.6. The maximum absolute atomic E-state index is 12.8. The molecule has 0 spiro atoms. The Morgan fingerprint density at radius 3 is 2.70 bits per heavy atom. The number of benzene rings is 1. The van der Waals surface area contributed by atoms with Gasteiger partial charge < -0.3 is 10.5 Å². The van der Waals surface area contributed by atoms with E-state index >= 15 is 0 Å². The third kappa shape index (κ3) is 3.65. The monoisotopic (exact) mass is 389 g/mol. The molecule has 10 heteroatoms. The molecule has 2 aromatic rings. The van der Waals surface area contributed by atoms with Gasteiger partial charge in [0.25, 0.3) is 5.91 Å². The second-order valence-corrected chi connectivity index (χ2v) is 7.92. The maximum Gasteiger partial charge on any atom is 0.280 e. The molecule has 1 fully saturated rings. The van der Waals surface area contributed by atoms with Crippen molar-refractivity contribution >= 4 is 21.7 Å². The van der Waals surface area contributed by atoms with Crippen molar-refractivity contribution in [1.82, 2.24) is 14.5 Å². The van der Waals surface area contributed by atoms with Gasteiger partial charge in [-0.05, 0) is 31.0 Å². The molecule has 0 atom stereocenters. The first kappa shape index (κ1) is 18.9. The van der Waals surface area contributed by atoms with Gasteiger partial charge in [-0.3, -0.25) is 4.79 Å². The number of rotatable bonds is 5. The molecule has 3 N–H and O–H groups in total. The summed E-state index contributed by atoms with van der Waals surface area (Å²) in [4.78, 5) is 12.5. The van der Waals surface area contributed by atoms with Gasteiger partial charge >= 0.3 is 0 Å². The lowest BCUT2D eigenvalue weighted by atomic mass is 10.2. The van der Waals surface area contributed by atoms with Crippen molar-refractivity contribution in [3.05, 3.63) is 35.5 Å². The number of sulfonamides is 1. The van der Waals surface area contributed by atoms with E-state index in [0.717, 1.165) is 30.4 Å². The maximum atomic E-state index is 12.8. The Balaban J connectivity index is 1.99. The number of nitriles is 1. The van der Waals surface area contributed by atoms with Crippen LogP contribution in [0.15, 0.2) is 29.3 Å². The van der Waals surface area contributed by atoms with Gasteiger partial charge in [0.2, 0.25) is 10.0 Å². The molecule has 0 bridgehead atoms. The summed E-state index contributed by atoms with van der Waals surface area (Å²) in [5.41, 5.74) is 5.86. The Bertz CT molecular complexity index is 1020. The van der Waals surface area contributed by atoms with E-state index in [0.29, 0.717) is 0 Å². The molecule has 142 valence electrons. The van der Waals surface area contributed by atoms with Crippen LogP contribution in [0.5, 0.6) is 5.75 Å². The van der Waals surface area contributed by atoms with E-state index in [-0.39, 0.29) is 33.6 Å². The third-order valence-corrected chi connectivity index (χ3v) is 6.04. The van der Waals surface area contributed by atoms with Crippen molar-refractivity contribution < 1.29 is 17.9 Å². The van der Waals surface area contributed by atoms with Crippen LogP contribution >= 0.6 is 0 Å². The quantitative estimate of drug-likeness (QED) is 0.784. The van der Waals surface area contributed by atoms with E-state index < -0.39 is 15.9 Å². The van der Waals surface area contributed by atoms with E-state index in [2.05, 4.69) is 9.82 Å². The summed E-state index contributed by atoms with van der Waals surface area (Å²) >= 11 is 0. The molecule has 0 saturated heterocycles. The predicted octanol–water partition coefficient (Wildman–Crippen LogP) is 1.25. The molecule has 3 rings (SSSR count). The summed E-state index contributed by atoms with van der Waals surface area (Å²) in [6.07, 6.45) is 4.68. The first-order valence-electron chi connectivity index (χ1n) is 8.36. The second-order valence-electron chi connectivity index (χ2n) is 6.24. The lowest BCUT2D eigenvalue weighted by Crippen LogP contribution is -2.33. The molecule has 0 radical (unpaired) electrons. The van der Waals surface area contributed by atoms with E-state index in [9.17, 15) is 13.2 Å². The highest BCUT2D eigenvalue weighted by molar-refractivity contribution is 7.89. The average molecular weight is 389 g/mol. The molecular formula is C17H19N5O4S. The van der Waals surface area contributed by atoms with Gasteiger partial charge in [0.15, 0.2) is 0 Å². The summed E-state index contributed by atoms with van der Waals surface area (Å²) in [6, 6.07) is 5.76. The van der Waals surface area contributed by atoms with Gasteiger partial charge in [-0.1, -0.05) is 12.8 Å². The standard InChI is InChI=1S/C17H19N5O4S/c1-26-14-7-6-11(17(23)22-16(19)12(9-18)10-20-22)8-15(14)27(24,25)21-13-4-2-3-5-13/h6-8,10,13,21H,2-5,19H2,1H3. The van der Waals surface area contributed by atoms with Crippen molar-refractivity contribution in [2.75, 3.05) is 12.8 Å². The number of hydrogen-bond acceptors (Lipinski definition) is 7. The molecule has 0 amide bonds. The van der Waals surface area contributed by atoms with Crippen LogP contribution in [-0.2, 0) is 10.0 Å². The summed E-state index contributed by atoms with van der Waals surface area (Å²) in [7, 11) is -2.52. The van der Waals surface area contributed by atoms with E-state index in [1.165, 1.54) is 31.5 Å². The fourth-order valence-electron chi connectivity index (χ4n) is 3.07. The topological polar surface area (TPSA) is 140 Å². The lowest BCUT2D eigenvalue weighted by Gasteiger charge is -2.15. The smallest absolute Gasteiger partial charge is 0.280 e. The summed E-state index contributed by atoms with van der Waals surface area (Å²) in [6.45, 7) is 0. The molecule has 1 saturated carbocycles. The van der Waals surface area contributed by atoms with Crippen LogP contribution < -0.4 is 15.2 Å². The van der Waals surface area contributed by atoms with Gasteiger partial charge in [-0.2, -0.15) is 15.0 Å². The van der Waals surface area contributed by atoms with Crippen LogP contribution in [0.2, 0.25) is 0 Å². The zero-order valence-corrected chi connectivity index (χ0v) is 15.5. The highest BCUT2D eigenvalue weighted by Crippen LogP contribution is 2.28. The zero-order valence-electron chi connectivity index (χ0n) is 14.7. The fraction of sp³-hybridized carbons (Fsp3) is 0.353. The molecule has 1 aliphatic carbocycles.